The molecular formula is C21H20F3N5O. The van der Waals surface area contributed by atoms with Crippen LogP contribution < -0.4 is 15.5 Å². The molecule has 2 aromatic carbocycles. The number of hydrogen-bond donors (Lipinski definition) is 2. The first kappa shape index (κ1) is 20.0. The van der Waals surface area contributed by atoms with Crippen LogP contribution in [0.1, 0.15) is 16.1 Å². The van der Waals surface area contributed by atoms with Gasteiger partial charge in [-0.25, -0.2) is 4.68 Å². The molecule has 30 heavy (non-hydrogen) atoms. The Kier molecular flexibility index (Phi) is 5.45. The Morgan fingerprint density at radius 3 is 2.27 bits per heavy atom. The van der Waals surface area contributed by atoms with Gasteiger partial charge in [0, 0.05) is 43.8 Å². The van der Waals surface area contributed by atoms with Crippen molar-refractivity contribution in [3.8, 4) is 5.69 Å². The van der Waals surface area contributed by atoms with Crippen LogP contribution in [0.2, 0.25) is 0 Å². The maximum absolute atomic E-state index is 13.5. The number of piperazine rings is 1. The topological polar surface area (TPSA) is 62.2 Å². The molecule has 1 fully saturated rings. The Morgan fingerprint density at radius 2 is 1.63 bits per heavy atom. The molecule has 0 spiro atoms. The molecular weight excluding hydrogens is 395 g/mol. The fraction of sp³-hybridized carbons (Fsp3) is 0.238. The van der Waals surface area contributed by atoms with E-state index in [-0.39, 0.29) is 0 Å². The molecule has 6 nitrogen and oxygen atoms in total. The monoisotopic (exact) mass is 415 g/mol. The van der Waals surface area contributed by atoms with Crippen LogP contribution in [-0.2, 0) is 6.18 Å². The van der Waals surface area contributed by atoms with Crippen molar-refractivity contribution in [2.75, 3.05) is 36.4 Å². The van der Waals surface area contributed by atoms with Gasteiger partial charge in [0.25, 0.3) is 5.91 Å². The number of halogens is 3. The molecule has 4 rings (SSSR count). The Bertz CT molecular complexity index is 1010. The summed E-state index contributed by atoms with van der Waals surface area (Å²) >= 11 is 0. The summed E-state index contributed by atoms with van der Waals surface area (Å²) in [5.74, 6) is -0.862. The van der Waals surface area contributed by atoms with Crippen molar-refractivity contribution in [1.29, 1.82) is 0 Å². The number of hydrogen-bond acceptors (Lipinski definition) is 4. The highest BCUT2D eigenvalue weighted by molar-refractivity contribution is 6.05. The normalized spacial score (nSPS) is 14.6. The third-order valence-corrected chi connectivity index (χ3v) is 4.86. The maximum atomic E-state index is 13.5. The lowest BCUT2D eigenvalue weighted by atomic mass is 10.2. The lowest BCUT2D eigenvalue weighted by Gasteiger charge is -2.29. The second kappa shape index (κ2) is 8.19. The summed E-state index contributed by atoms with van der Waals surface area (Å²) in [5, 5.41) is 9.42. The lowest BCUT2D eigenvalue weighted by Crippen LogP contribution is -2.43. The van der Waals surface area contributed by atoms with E-state index in [1.54, 1.807) is 42.5 Å². The number of carbonyl (C=O) groups excluding carboxylic acids is 1. The standard InChI is InChI=1S/C21H20F3N5O/c22-21(23,24)19-18(14-29(27-19)17-4-2-1-3-5-17)20(30)26-15-6-8-16(9-7-15)28-12-10-25-11-13-28/h1-9,14,25H,10-13H2,(H,26,30). The molecule has 9 heteroatoms. The lowest BCUT2D eigenvalue weighted by molar-refractivity contribution is -0.141. The molecule has 0 aliphatic carbocycles. The van der Waals surface area contributed by atoms with E-state index in [0.717, 1.165) is 42.7 Å². The summed E-state index contributed by atoms with van der Waals surface area (Å²) in [6, 6.07) is 15.4. The van der Waals surface area contributed by atoms with Gasteiger partial charge in [-0.15, -0.1) is 0 Å². The zero-order valence-corrected chi connectivity index (χ0v) is 16.0. The van der Waals surface area contributed by atoms with Crippen LogP contribution in [0, 0.1) is 0 Å². The first-order chi connectivity index (χ1) is 14.4. The molecule has 0 saturated carbocycles. The largest absolute Gasteiger partial charge is 0.435 e. The number of nitrogens with one attached hydrogen (secondary N) is 2. The number of anilines is 2. The number of carbonyl (C=O) groups is 1. The summed E-state index contributed by atoms with van der Waals surface area (Å²) < 4.78 is 41.5. The van der Waals surface area contributed by atoms with Gasteiger partial charge in [0.05, 0.1) is 11.3 Å². The van der Waals surface area contributed by atoms with E-state index in [1.807, 2.05) is 12.1 Å². The molecule has 1 amide bonds. The van der Waals surface area contributed by atoms with E-state index in [4.69, 9.17) is 0 Å². The number of amides is 1. The first-order valence-electron chi connectivity index (χ1n) is 9.51. The number of rotatable bonds is 4. The van der Waals surface area contributed by atoms with Gasteiger partial charge in [-0.05, 0) is 36.4 Å². The van der Waals surface area contributed by atoms with E-state index < -0.39 is 23.3 Å². The number of nitrogens with zero attached hydrogens (tertiary/aromatic N) is 3. The van der Waals surface area contributed by atoms with E-state index in [1.165, 1.54) is 0 Å². The Morgan fingerprint density at radius 1 is 0.967 bits per heavy atom. The maximum Gasteiger partial charge on any atom is 0.435 e. The summed E-state index contributed by atoms with van der Waals surface area (Å²) in [4.78, 5) is 14.8. The predicted molar refractivity (Wildman–Crippen MR) is 108 cm³/mol. The number of aromatic nitrogens is 2. The number of para-hydroxylation sites is 1. The van der Waals surface area contributed by atoms with Gasteiger partial charge < -0.3 is 15.5 Å². The summed E-state index contributed by atoms with van der Waals surface area (Å²) in [6.07, 6.45) is -3.65. The van der Waals surface area contributed by atoms with Gasteiger partial charge in [0.15, 0.2) is 5.69 Å². The molecule has 0 unspecified atom stereocenters. The van der Waals surface area contributed by atoms with E-state index >= 15 is 0 Å². The van der Waals surface area contributed by atoms with Gasteiger partial charge in [-0.2, -0.15) is 18.3 Å². The third kappa shape index (κ3) is 4.30. The van der Waals surface area contributed by atoms with Crippen molar-refractivity contribution in [2.24, 2.45) is 0 Å². The fourth-order valence-electron chi connectivity index (χ4n) is 3.34. The van der Waals surface area contributed by atoms with E-state index in [2.05, 4.69) is 20.6 Å². The molecule has 1 aliphatic rings. The predicted octanol–water partition coefficient (Wildman–Crippen LogP) is 3.55. The highest BCUT2D eigenvalue weighted by atomic mass is 19.4. The Balaban J connectivity index is 1.56. The zero-order valence-electron chi connectivity index (χ0n) is 16.0. The fourth-order valence-corrected chi connectivity index (χ4v) is 3.34. The molecule has 0 bridgehead atoms. The molecule has 156 valence electrons. The van der Waals surface area contributed by atoms with Crippen LogP contribution in [0.4, 0.5) is 24.5 Å². The molecule has 1 saturated heterocycles. The smallest absolute Gasteiger partial charge is 0.369 e. The summed E-state index contributed by atoms with van der Waals surface area (Å²) in [5.41, 5.74) is 0.100. The highest BCUT2D eigenvalue weighted by Crippen LogP contribution is 2.32. The molecule has 2 heterocycles. The summed E-state index contributed by atoms with van der Waals surface area (Å²) in [6.45, 7) is 3.53. The highest BCUT2D eigenvalue weighted by Gasteiger charge is 2.39. The van der Waals surface area contributed by atoms with Crippen LogP contribution in [0.25, 0.3) is 5.69 Å². The number of benzene rings is 2. The average Bonchev–Trinajstić information content (AvgIpc) is 3.22. The van der Waals surface area contributed by atoms with Crippen LogP contribution >= 0.6 is 0 Å². The van der Waals surface area contributed by atoms with Crippen LogP contribution in [-0.4, -0.2) is 41.9 Å². The molecule has 1 aromatic heterocycles. The van der Waals surface area contributed by atoms with Crippen molar-refractivity contribution >= 4 is 17.3 Å². The molecule has 0 radical (unpaired) electrons. The minimum absolute atomic E-state index is 0.416. The Hall–Kier alpha value is -3.33. The van der Waals surface area contributed by atoms with E-state index in [0.29, 0.717) is 11.4 Å². The SMILES string of the molecule is O=C(Nc1ccc(N2CCNCC2)cc1)c1cn(-c2ccccc2)nc1C(F)(F)F. The first-order valence-corrected chi connectivity index (χ1v) is 9.51. The van der Waals surface area contributed by atoms with Gasteiger partial charge in [-0.1, -0.05) is 18.2 Å². The average molecular weight is 415 g/mol. The van der Waals surface area contributed by atoms with Crippen molar-refractivity contribution in [2.45, 2.75) is 6.18 Å². The quantitative estimate of drug-likeness (QED) is 0.684. The third-order valence-electron chi connectivity index (χ3n) is 4.86. The minimum atomic E-state index is -4.75. The second-order valence-corrected chi connectivity index (χ2v) is 6.91. The summed E-state index contributed by atoms with van der Waals surface area (Å²) in [7, 11) is 0. The number of alkyl halides is 3. The molecule has 0 atom stereocenters. The van der Waals surface area contributed by atoms with Gasteiger partial charge >= 0.3 is 6.18 Å². The zero-order chi connectivity index (χ0) is 21.1. The van der Waals surface area contributed by atoms with Gasteiger partial charge in [-0.3, -0.25) is 4.79 Å². The van der Waals surface area contributed by atoms with E-state index in [9.17, 15) is 18.0 Å². The molecule has 2 N–H and O–H groups in total. The molecule has 1 aliphatic heterocycles. The van der Waals surface area contributed by atoms with Crippen molar-refractivity contribution in [3.63, 3.8) is 0 Å². The molecule has 3 aromatic rings. The Labute approximate surface area is 171 Å². The van der Waals surface area contributed by atoms with Gasteiger partial charge in [0.1, 0.15) is 0 Å². The van der Waals surface area contributed by atoms with Crippen molar-refractivity contribution in [1.82, 2.24) is 15.1 Å². The van der Waals surface area contributed by atoms with Gasteiger partial charge in [0.2, 0.25) is 0 Å². The van der Waals surface area contributed by atoms with Crippen molar-refractivity contribution in [3.05, 3.63) is 72.1 Å². The second-order valence-electron chi connectivity index (χ2n) is 6.91. The van der Waals surface area contributed by atoms with Crippen LogP contribution in [0.5, 0.6) is 0 Å². The van der Waals surface area contributed by atoms with Crippen LogP contribution in [0.15, 0.2) is 60.8 Å². The van der Waals surface area contributed by atoms with Crippen molar-refractivity contribution < 1.29 is 18.0 Å². The minimum Gasteiger partial charge on any atom is -0.369 e. The van der Waals surface area contributed by atoms with Crippen LogP contribution in [0.3, 0.4) is 0 Å².